The SMILES string of the molecule is CNC(C)C(C)(C)CN1CC(C)C(N(C)C)C1. The molecule has 0 spiro atoms. The van der Waals surface area contributed by atoms with Gasteiger partial charge in [0.05, 0.1) is 0 Å². The lowest BCUT2D eigenvalue weighted by atomic mass is 9.85. The van der Waals surface area contributed by atoms with Gasteiger partial charge in [0.15, 0.2) is 0 Å². The minimum absolute atomic E-state index is 0.329. The monoisotopic (exact) mass is 241 g/mol. The zero-order valence-corrected chi connectivity index (χ0v) is 12.7. The number of rotatable bonds is 5. The number of hydrogen-bond donors (Lipinski definition) is 1. The summed E-state index contributed by atoms with van der Waals surface area (Å²) in [6.45, 7) is 13.0. The smallest absolute Gasteiger partial charge is 0.0254 e. The molecule has 0 bridgehead atoms. The Labute approximate surface area is 108 Å². The molecule has 0 aromatic heterocycles. The Balaban J connectivity index is 2.55. The van der Waals surface area contributed by atoms with Crippen LogP contribution >= 0.6 is 0 Å². The minimum Gasteiger partial charge on any atom is -0.317 e. The Hall–Kier alpha value is -0.120. The molecule has 0 amide bonds. The molecule has 1 heterocycles. The van der Waals surface area contributed by atoms with E-state index in [0.29, 0.717) is 11.5 Å². The average molecular weight is 241 g/mol. The third-order valence-corrected chi connectivity index (χ3v) is 4.55. The van der Waals surface area contributed by atoms with Gasteiger partial charge in [-0.15, -0.1) is 0 Å². The van der Waals surface area contributed by atoms with Crippen LogP contribution in [0.4, 0.5) is 0 Å². The van der Waals surface area contributed by atoms with Gasteiger partial charge >= 0.3 is 0 Å². The van der Waals surface area contributed by atoms with Gasteiger partial charge < -0.3 is 15.1 Å². The van der Waals surface area contributed by atoms with Crippen molar-refractivity contribution >= 4 is 0 Å². The van der Waals surface area contributed by atoms with Gasteiger partial charge in [-0.3, -0.25) is 0 Å². The summed E-state index contributed by atoms with van der Waals surface area (Å²) in [4.78, 5) is 5.00. The molecular weight excluding hydrogens is 210 g/mol. The predicted octanol–water partition coefficient (Wildman–Crippen LogP) is 1.50. The molecule has 1 N–H and O–H groups in total. The van der Waals surface area contributed by atoms with Crippen LogP contribution in [0.3, 0.4) is 0 Å². The molecule has 1 aliphatic heterocycles. The molecule has 1 saturated heterocycles. The largest absolute Gasteiger partial charge is 0.317 e. The summed E-state index contributed by atoms with van der Waals surface area (Å²) in [5.41, 5.74) is 0.329. The first-order valence-electron chi connectivity index (χ1n) is 6.84. The van der Waals surface area contributed by atoms with Gasteiger partial charge in [0, 0.05) is 31.7 Å². The highest BCUT2D eigenvalue weighted by molar-refractivity contribution is 4.91. The fraction of sp³-hybridized carbons (Fsp3) is 1.00. The summed E-state index contributed by atoms with van der Waals surface area (Å²) in [5, 5.41) is 3.39. The molecule has 1 aliphatic rings. The van der Waals surface area contributed by atoms with Crippen LogP contribution in [-0.2, 0) is 0 Å². The molecule has 0 radical (unpaired) electrons. The van der Waals surface area contributed by atoms with Crippen molar-refractivity contribution in [2.75, 3.05) is 40.8 Å². The van der Waals surface area contributed by atoms with E-state index < -0.39 is 0 Å². The van der Waals surface area contributed by atoms with Crippen LogP contribution in [0.1, 0.15) is 27.7 Å². The zero-order chi connectivity index (χ0) is 13.2. The molecule has 0 saturated carbocycles. The molecule has 3 atom stereocenters. The van der Waals surface area contributed by atoms with E-state index in [1.165, 1.54) is 19.6 Å². The molecule has 17 heavy (non-hydrogen) atoms. The Morgan fingerprint density at radius 1 is 1.35 bits per heavy atom. The second-order valence-corrected chi connectivity index (χ2v) is 6.70. The van der Waals surface area contributed by atoms with Crippen molar-refractivity contribution in [2.24, 2.45) is 11.3 Å². The average Bonchev–Trinajstić information content (AvgIpc) is 2.57. The predicted molar refractivity (Wildman–Crippen MR) is 75.4 cm³/mol. The van der Waals surface area contributed by atoms with Gasteiger partial charge in [-0.2, -0.15) is 0 Å². The van der Waals surface area contributed by atoms with Gasteiger partial charge in [0.25, 0.3) is 0 Å². The van der Waals surface area contributed by atoms with E-state index in [9.17, 15) is 0 Å². The maximum atomic E-state index is 3.39. The number of likely N-dealkylation sites (N-methyl/N-ethyl adjacent to an activating group) is 1. The third kappa shape index (κ3) is 3.67. The number of nitrogens with zero attached hydrogens (tertiary/aromatic N) is 2. The van der Waals surface area contributed by atoms with Crippen molar-refractivity contribution in [2.45, 2.75) is 39.8 Å². The van der Waals surface area contributed by atoms with Crippen LogP contribution in [0.15, 0.2) is 0 Å². The van der Waals surface area contributed by atoms with Gasteiger partial charge in [0.2, 0.25) is 0 Å². The fourth-order valence-electron chi connectivity index (χ4n) is 2.95. The van der Waals surface area contributed by atoms with Crippen LogP contribution in [-0.4, -0.2) is 62.7 Å². The molecule has 3 nitrogen and oxygen atoms in total. The highest BCUT2D eigenvalue weighted by Gasteiger charge is 2.35. The van der Waals surface area contributed by atoms with Gasteiger partial charge in [0.1, 0.15) is 0 Å². The van der Waals surface area contributed by atoms with Crippen LogP contribution in [0.2, 0.25) is 0 Å². The molecule has 102 valence electrons. The summed E-state index contributed by atoms with van der Waals surface area (Å²) < 4.78 is 0. The number of hydrogen-bond acceptors (Lipinski definition) is 3. The summed E-state index contributed by atoms with van der Waals surface area (Å²) in [5.74, 6) is 0.783. The molecule has 1 rings (SSSR count). The Kier molecular flexibility index (Phi) is 4.99. The van der Waals surface area contributed by atoms with E-state index in [0.717, 1.165) is 12.0 Å². The van der Waals surface area contributed by atoms with E-state index >= 15 is 0 Å². The van der Waals surface area contributed by atoms with Gasteiger partial charge in [-0.25, -0.2) is 0 Å². The molecule has 0 aliphatic carbocycles. The van der Waals surface area contributed by atoms with Crippen LogP contribution < -0.4 is 5.32 Å². The highest BCUT2D eigenvalue weighted by atomic mass is 15.2. The Morgan fingerprint density at radius 2 is 1.94 bits per heavy atom. The van der Waals surface area contributed by atoms with E-state index in [2.05, 4.69) is 64.0 Å². The van der Waals surface area contributed by atoms with Gasteiger partial charge in [-0.05, 0) is 39.4 Å². The molecular formula is C14H31N3. The van der Waals surface area contributed by atoms with E-state index in [-0.39, 0.29) is 0 Å². The second-order valence-electron chi connectivity index (χ2n) is 6.70. The quantitative estimate of drug-likeness (QED) is 0.787. The maximum absolute atomic E-state index is 3.39. The van der Waals surface area contributed by atoms with E-state index in [1.54, 1.807) is 0 Å². The van der Waals surface area contributed by atoms with E-state index in [4.69, 9.17) is 0 Å². The molecule has 3 unspecified atom stereocenters. The lowest BCUT2D eigenvalue weighted by Gasteiger charge is -2.35. The Bertz CT molecular complexity index is 238. The first kappa shape index (κ1) is 14.9. The fourth-order valence-corrected chi connectivity index (χ4v) is 2.95. The summed E-state index contributed by atoms with van der Waals surface area (Å²) in [6.07, 6.45) is 0. The lowest BCUT2D eigenvalue weighted by Crippen LogP contribution is -2.45. The zero-order valence-electron chi connectivity index (χ0n) is 12.7. The minimum atomic E-state index is 0.329. The second kappa shape index (κ2) is 5.68. The topological polar surface area (TPSA) is 18.5 Å². The maximum Gasteiger partial charge on any atom is 0.0254 e. The lowest BCUT2D eigenvalue weighted by molar-refractivity contribution is 0.159. The summed E-state index contributed by atoms with van der Waals surface area (Å²) in [7, 11) is 6.46. The van der Waals surface area contributed by atoms with Gasteiger partial charge in [-0.1, -0.05) is 20.8 Å². The van der Waals surface area contributed by atoms with E-state index in [1.807, 2.05) is 0 Å². The Morgan fingerprint density at radius 3 is 2.35 bits per heavy atom. The third-order valence-electron chi connectivity index (χ3n) is 4.55. The molecule has 0 aromatic carbocycles. The van der Waals surface area contributed by atoms with Crippen molar-refractivity contribution in [1.29, 1.82) is 0 Å². The van der Waals surface area contributed by atoms with Crippen molar-refractivity contribution in [3.05, 3.63) is 0 Å². The first-order chi connectivity index (χ1) is 7.77. The van der Waals surface area contributed by atoms with Crippen molar-refractivity contribution in [3.8, 4) is 0 Å². The van der Waals surface area contributed by atoms with Crippen molar-refractivity contribution in [3.63, 3.8) is 0 Å². The molecule has 1 fully saturated rings. The van der Waals surface area contributed by atoms with Crippen LogP contribution in [0.5, 0.6) is 0 Å². The normalized spacial score (nSPS) is 28.9. The van der Waals surface area contributed by atoms with Crippen molar-refractivity contribution < 1.29 is 0 Å². The summed E-state index contributed by atoms with van der Waals surface area (Å²) >= 11 is 0. The van der Waals surface area contributed by atoms with Crippen LogP contribution in [0, 0.1) is 11.3 Å². The first-order valence-corrected chi connectivity index (χ1v) is 6.84. The van der Waals surface area contributed by atoms with Crippen molar-refractivity contribution in [1.82, 2.24) is 15.1 Å². The standard InChI is InChI=1S/C14H31N3/c1-11-8-17(9-13(11)16(6)7)10-14(3,4)12(2)15-5/h11-13,15H,8-10H2,1-7H3. The molecule has 3 heteroatoms. The molecule has 0 aromatic rings. The number of nitrogens with one attached hydrogen (secondary N) is 1. The highest BCUT2D eigenvalue weighted by Crippen LogP contribution is 2.27. The van der Waals surface area contributed by atoms with Crippen LogP contribution in [0.25, 0.3) is 0 Å². The summed E-state index contributed by atoms with van der Waals surface area (Å²) in [6, 6.07) is 1.27. The number of likely N-dealkylation sites (tertiary alicyclic amines) is 1.